The smallest absolute Gasteiger partial charge is 0.341 e. The zero-order valence-corrected chi connectivity index (χ0v) is 15.4. The maximum Gasteiger partial charge on any atom is 0.341 e. The highest BCUT2D eigenvalue weighted by Gasteiger charge is 2.20. The first-order valence-corrected chi connectivity index (χ1v) is 8.95. The van der Waals surface area contributed by atoms with Gasteiger partial charge >= 0.3 is 5.97 Å². The lowest BCUT2D eigenvalue weighted by Gasteiger charge is -2.14. The number of carbonyl (C=O) groups is 1. The monoisotopic (exact) mass is 409 g/mol. The van der Waals surface area contributed by atoms with E-state index in [1.165, 1.54) is 12.1 Å². The van der Waals surface area contributed by atoms with Crippen LogP contribution >= 0.6 is 0 Å². The molecule has 4 nitrogen and oxygen atoms in total. The molecule has 0 amide bonds. The van der Waals surface area contributed by atoms with E-state index in [9.17, 15) is 27.9 Å². The first kappa shape index (κ1) is 19.4. The molecule has 0 aliphatic heterocycles. The van der Waals surface area contributed by atoms with Gasteiger partial charge in [0.2, 0.25) is 5.43 Å². The fourth-order valence-electron chi connectivity index (χ4n) is 3.40. The Kier molecular flexibility index (Phi) is 4.87. The van der Waals surface area contributed by atoms with Gasteiger partial charge in [-0.25, -0.2) is 18.0 Å². The van der Waals surface area contributed by atoms with Gasteiger partial charge < -0.3 is 9.67 Å². The van der Waals surface area contributed by atoms with E-state index in [1.807, 2.05) is 30.3 Å². The molecule has 0 saturated heterocycles. The molecule has 1 N–H and O–H groups in total. The van der Waals surface area contributed by atoms with E-state index in [1.54, 1.807) is 6.07 Å². The normalized spacial score (nSPS) is 11.0. The van der Waals surface area contributed by atoms with Crippen LogP contribution < -0.4 is 5.43 Å². The summed E-state index contributed by atoms with van der Waals surface area (Å²) in [6.07, 6.45) is 0.903. The van der Waals surface area contributed by atoms with Crippen molar-refractivity contribution in [3.8, 4) is 11.1 Å². The van der Waals surface area contributed by atoms with E-state index in [0.29, 0.717) is 5.56 Å². The summed E-state index contributed by atoms with van der Waals surface area (Å²) in [5.74, 6) is -4.15. The molecule has 0 atom stereocenters. The molecule has 0 saturated carbocycles. The Balaban J connectivity index is 1.87. The van der Waals surface area contributed by atoms with Crippen LogP contribution in [-0.2, 0) is 6.54 Å². The minimum atomic E-state index is -1.58. The Morgan fingerprint density at radius 1 is 0.867 bits per heavy atom. The molecule has 0 fully saturated rings. The number of aromatic nitrogens is 1. The van der Waals surface area contributed by atoms with Gasteiger partial charge in [-0.3, -0.25) is 4.79 Å². The molecule has 1 aromatic heterocycles. The van der Waals surface area contributed by atoms with Gasteiger partial charge in [0.05, 0.1) is 17.4 Å². The minimum Gasteiger partial charge on any atom is -0.477 e. The number of hydrogen-bond acceptors (Lipinski definition) is 2. The van der Waals surface area contributed by atoms with Crippen LogP contribution in [0.25, 0.3) is 22.0 Å². The summed E-state index contributed by atoms with van der Waals surface area (Å²) >= 11 is 0. The molecule has 0 bridgehead atoms. The molecule has 0 radical (unpaired) electrons. The zero-order chi connectivity index (χ0) is 21.4. The van der Waals surface area contributed by atoms with E-state index in [4.69, 9.17) is 0 Å². The summed E-state index contributed by atoms with van der Waals surface area (Å²) in [6, 6.07) is 15.2. The quantitative estimate of drug-likeness (QED) is 0.525. The van der Waals surface area contributed by atoms with Crippen LogP contribution in [0.3, 0.4) is 0 Å². The van der Waals surface area contributed by atoms with Gasteiger partial charge in [0.1, 0.15) is 23.0 Å². The highest BCUT2D eigenvalue weighted by atomic mass is 19.1. The van der Waals surface area contributed by atoms with Gasteiger partial charge in [-0.15, -0.1) is 0 Å². The molecule has 0 aliphatic carbocycles. The molecular weight excluding hydrogens is 395 g/mol. The molecule has 150 valence electrons. The number of halogens is 3. The van der Waals surface area contributed by atoms with Crippen LogP contribution in [0.4, 0.5) is 13.2 Å². The van der Waals surface area contributed by atoms with Crippen molar-refractivity contribution in [1.82, 2.24) is 4.57 Å². The van der Waals surface area contributed by atoms with Crippen molar-refractivity contribution in [3.63, 3.8) is 0 Å². The van der Waals surface area contributed by atoms with Crippen LogP contribution in [0.1, 0.15) is 15.9 Å². The van der Waals surface area contributed by atoms with Crippen LogP contribution in [0.2, 0.25) is 0 Å². The number of carboxylic acid groups (broad SMARTS) is 1. The van der Waals surface area contributed by atoms with E-state index < -0.39 is 45.3 Å². The third-order valence-corrected chi connectivity index (χ3v) is 4.85. The van der Waals surface area contributed by atoms with Crippen molar-refractivity contribution in [1.29, 1.82) is 0 Å². The number of hydrogen-bond donors (Lipinski definition) is 1. The second-order valence-electron chi connectivity index (χ2n) is 6.73. The molecule has 1 heterocycles. The summed E-state index contributed by atoms with van der Waals surface area (Å²) in [6.45, 7) is -0.293. The van der Waals surface area contributed by atoms with Crippen LogP contribution in [-0.4, -0.2) is 15.6 Å². The summed E-state index contributed by atoms with van der Waals surface area (Å²) in [5, 5.41) is 8.61. The van der Waals surface area contributed by atoms with Crippen molar-refractivity contribution in [2.45, 2.75) is 6.54 Å². The van der Waals surface area contributed by atoms with Gasteiger partial charge in [0.25, 0.3) is 0 Å². The number of rotatable bonds is 4. The molecule has 4 aromatic rings. The summed E-state index contributed by atoms with van der Waals surface area (Å²) < 4.78 is 44.5. The molecule has 4 rings (SSSR count). The lowest BCUT2D eigenvalue weighted by Crippen LogP contribution is -2.21. The molecule has 0 aliphatic rings. The van der Waals surface area contributed by atoms with Crippen molar-refractivity contribution in [3.05, 3.63) is 106 Å². The zero-order valence-electron chi connectivity index (χ0n) is 15.4. The Hall–Kier alpha value is -3.87. The maximum atomic E-state index is 14.8. The summed E-state index contributed by atoms with van der Waals surface area (Å²) in [7, 11) is 0. The largest absolute Gasteiger partial charge is 0.477 e. The molecule has 3 aromatic carbocycles. The van der Waals surface area contributed by atoms with E-state index >= 15 is 0 Å². The number of benzene rings is 3. The van der Waals surface area contributed by atoms with Gasteiger partial charge in [0.15, 0.2) is 0 Å². The number of pyridine rings is 1. The number of carboxylic acids is 1. The summed E-state index contributed by atoms with van der Waals surface area (Å²) in [4.78, 5) is 23.8. The SMILES string of the molecule is O=C(O)c1cn(Cc2ccc(-c3ccccc3)cc2F)c2c(F)ccc(F)c2c1=O. The second kappa shape index (κ2) is 7.51. The van der Waals surface area contributed by atoms with Crippen molar-refractivity contribution in [2.75, 3.05) is 0 Å². The molecular formula is C23H14F3NO3. The van der Waals surface area contributed by atoms with Gasteiger partial charge in [-0.05, 0) is 29.3 Å². The Morgan fingerprint density at radius 3 is 2.23 bits per heavy atom. The van der Waals surface area contributed by atoms with Crippen LogP contribution in [0, 0.1) is 17.5 Å². The fourth-order valence-corrected chi connectivity index (χ4v) is 3.40. The molecule has 0 spiro atoms. The third kappa shape index (κ3) is 3.34. The van der Waals surface area contributed by atoms with Crippen molar-refractivity contribution < 1.29 is 23.1 Å². The second-order valence-corrected chi connectivity index (χ2v) is 6.73. The highest BCUT2D eigenvalue weighted by Crippen LogP contribution is 2.24. The highest BCUT2D eigenvalue weighted by molar-refractivity contribution is 5.93. The number of fused-ring (bicyclic) bond motifs is 1. The first-order valence-electron chi connectivity index (χ1n) is 8.95. The van der Waals surface area contributed by atoms with E-state index in [2.05, 4.69) is 0 Å². The Bertz CT molecular complexity index is 1350. The van der Waals surface area contributed by atoms with Gasteiger partial charge in [-0.1, -0.05) is 42.5 Å². The Labute approximate surface area is 168 Å². The lowest BCUT2D eigenvalue weighted by molar-refractivity contribution is 0.0695. The lowest BCUT2D eigenvalue weighted by atomic mass is 10.0. The minimum absolute atomic E-state index is 0.125. The molecule has 30 heavy (non-hydrogen) atoms. The Morgan fingerprint density at radius 2 is 1.57 bits per heavy atom. The molecule has 0 unspecified atom stereocenters. The summed E-state index contributed by atoms with van der Waals surface area (Å²) in [5.41, 5.74) is -0.724. The average molecular weight is 409 g/mol. The maximum absolute atomic E-state index is 14.8. The van der Waals surface area contributed by atoms with Gasteiger partial charge in [0, 0.05) is 11.8 Å². The van der Waals surface area contributed by atoms with E-state index in [-0.39, 0.29) is 12.1 Å². The van der Waals surface area contributed by atoms with Crippen molar-refractivity contribution >= 4 is 16.9 Å². The standard InChI is InChI=1S/C23H14F3NO3/c24-17-8-9-18(25)21-20(17)22(28)16(23(29)30)12-27(21)11-15-7-6-14(10-19(15)26)13-4-2-1-3-5-13/h1-10,12H,11H2,(H,29,30). The predicted octanol–water partition coefficient (Wildman–Crippen LogP) is 4.83. The number of aromatic carboxylic acids is 1. The molecule has 7 heteroatoms. The predicted molar refractivity (Wildman–Crippen MR) is 106 cm³/mol. The third-order valence-electron chi connectivity index (χ3n) is 4.85. The first-order chi connectivity index (χ1) is 14.4. The van der Waals surface area contributed by atoms with Crippen LogP contribution in [0.15, 0.2) is 71.7 Å². The van der Waals surface area contributed by atoms with E-state index in [0.717, 1.165) is 28.5 Å². The number of nitrogens with zero attached hydrogens (tertiary/aromatic N) is 1. The topological polar surface area (TPSA) is 59.3 Å². The van der Waals surface area contributed by atoms with Crippen molar-refractivity contribution in [2.24, 2.45) is 0 Å². The fraction of sp³-hybridized carbons (Fsp3) is 0.0435. The van der Waals surface area contributed by atoms with Gasteiger partial charge in [-0.2, -0.15) is 0 Å². The van der Waals surface area contributed by atoms with Crippen LogP contribution in [0.5, 0.6) is 0 Å². The average Bonchev–Trinajstić information content (AvgIpc) is 2.73.